The van der Waals surface area contributed by atoms with Crippen molar-refractivity contribution in [2.45, 2.75) is 13.8 Å². The summed E-state index contributed by atoms with van der Waals surface area (Å²) in [5.74, 6) is -0.986. The van der Waals surface area contributed by atoms with Gasteiger partial charge in [0.15, 0.2) is 11.5 Å². The van der Waals surface area contributed by atoms with Crippen molar-refractivity contribution in [1.82, 2.24) is 4.90 Å². The highest BCUT2D eigenvalue weighted by molar-refractivity contribution is 9.10. The molecular weight excluding hydrogens is 414 g/mol. The number of benzene rings is 1. The Hall–Kier alpha value is -2.00. The summed E-state index contributed by atoms with van der Waals surface area (Å²) >= 11 is 4.03. The number of phenolic OH excluding ortho intramolecular Hbond substituents is 1. The van der Waals surface area contributed by atoms with E-state index in [2.05, 4.69) is 15.9 Å². The first kappa shape index (κ1) is 19.3. The van der Waals surface area contributed by atoms with Crippen LogP contribution in [-0.2, 0) is 14.3 Å². The van der Waals surface area contributed by atoms with Gasteiger partial charge < -0.3 is 14.6 Å². The van der Waals surface area contributed by atoms with Crippen molar-refractivity contribution >= 4 is 50.9 Å². The highest BCUT2D eigenvalue weighted by atomic mass is 79.9. The standard InChI is InChI=1S/C16H16BrNO6S/c1-3-23-12-5-9(10(17)7-11(12)19)6-13-15(21)18(16(22)25-13)8-14(20)24-4-2/h5-7,19H,3-4,8H2,1-2H3/b13-6-. The topological polar surface area (TPSA) is 93.1 Å². The molecule has 0 spiro atoms. The van der Waals surface area contributed by atoms with Gasteiger partial charge in [-0.2, -0.15) is 0 Å². The molecule has 0 unspecified atom stereocenters. The number of rotatable bonds is 6. The smallest absolute Gasteiger partial charge is 0.326 e. The molecule has 1 fully saturated rings. The number of carbonyl (C=O) groups excluding carboxylic acids is 3. The molecule has 0 radical (unpaired) electrons. The van der Waals surface area contributed by atoms with Gasteiger partial charge in [-0.3, -0.25) is 19.3 Å². The average Bonchev–Trinajstić information content (AvgIpc) is 2.80. The van der Waals surface area contributed by atoms with Crippen LogP contribution in [0.5, 0.6) is 11.5 Å². The number of hydrogen-bond donors (Lipinski definition) is 1. The third-order valence-corrected chi connectivity index (χ3v) is 4.72. The van der Waals surface area contributed by atoms with E-state index in [-0.39, 0.29) is 23.0 Å². The fourth-order valence-electron chi connectivity index (χ4n) is 2.05. The Kier molecular flexibility index (Phi) is 6.49. The molecule has 7 nitrogen and oxygen atoms in total. The molecule has 9 heteroatoms. The molecule has 2 amide bonds. The minimum Gasteiger partial charge on any atom is -0.504 e. The van der Waals surface area contributed by atoms with Crippen LogP contribution < -0.4 is 4.74 Å². The van der Waals surface area contributed by atoms with E-state index >= 15 is 0 Å². The van der Waals surface area contributed by atoms with Crippen LogP contribution in [0, 0.1) is 0 Å². The highest BCUT2D eigenvalue weighted by Gasteiger charge is 2.36. The van der Waals surface area contributed by atoms with Gasteiger partial charge in [0.1, 0.15) is 6.54 Å². The number of thioether (sulfide) groups is 1. The van der Waals surface area contributed by atoms with Gasteiger partial charge in [0, 0.05) is 4.47 Å². The lowest BCUT2D eigenvalue weighted by Gasteiger charge is -2.11. The fourth-order valence-corrected chi connectivity index (χ4v) is 3.33. The molecule has 1 aromatic carbocycles. The van der Waals surface area contributed by atoms with E-state index in [1.165, 1.54) is 12.1 Å². The number of imide groups is 1. The molecule has 1 saturated heterocycles. The Bertz CT molecular complexity index is 748. The van der Waals surface area contributed by atoms with Crippen LogP contribution in [0.2, 0.25) is 0 Å². The number of amides is 2. The van der Waals surface area contributed by atoms with E-state index in [0.29, 0.717) is 16.6 Å². The van der Waals surface area contributed by atoms with Gasteiger partial charge in [0.2, 0.25) is 0 Å². The van der Waals surface area contributed by atoms with Crippen LogP contribution in [0.4, 0.5) is 4.79 Å². The second-order valence-electron chi connectivity index (χ2n) is 4.85. The van der Waals surface area contributed by atoms with Gasteiger partial charge in [0.25, 0.3) is 11.1 Å². The summed E-state index contributed by atoms with van der Waals surface area (Å²) in [6.45, 7) is 3.54. The van der Waals surface area contributed by atoms with Crippen molar-refractivity contribution in [2.75, 3.05) is 19.8 Å². The van der Waals surface area contributed by atoms with E-state index in [1.807, 2.05) is 0 Å². The predicted molar refractivity (Wildman–Crippen MR) is 96.3 cm³/mol. The number of carbonyl (C=O) groups is 3. The second kappa shape index (κ2) is 8.39. The summed E-state index contributed by atoms with van der Waals surface area (Å²) in [7, 11) is 0. The number of hydrogen-bond acceptors (Lipinski definition) is 7. The van der Waals surface area contributed by atoms with Gasteiger partial charge in [0.05, 0.1) is 18.1 Å². The number of phenols is 1. The Morgan fingerprint density at radius 2 is 2.04 bits per heavy atom. The Morgan fingerprint density at radius 3 is 2.68 bits per heavy atom. The first-order chi connectivity index (χ1) is 11.9. The molecule has 1 aliphatic rings. The van der Waals surface area contributed by atoms with Gasteiger partial charge >= 0.3 is 5.97 Å². The molecule has 1 heterocycles. The largest absolute Gasteiger partial charge is 0.504 e. The number of ether oxygens (including phenoxy) is 2. The van der Waals surface area contributed by atoms with Gasteiger partial charge in [-0.05, 0) is 49.4 Å². The maximum atomic E-state index is 12.4. The minimum atomic E-state index is -0.643. The molecule has 1 aliphatic heterocycles. The lowest BCUT2D eigenvalue weighted by Crippen LogP contribution is -2.34. The van der Waals surface area contributed by atoms with Crippen molar-refractivity contribution < 1.29 is 29.0 Å². The lowest BCUT2D eigenvalue weighted by atomic mass is 10.2. The normalized spacial score (nSPS) is 15.8. The van der Waals surface area contributed by atoms with Crippen molar-refractivity contribution in [2.24, 2.45) is 0 Å². The maximum Gasteiger partial charge on any atom is 0.326 e. The van der Waals surface area contributed by atoms with E-state index in [4.69, 9.17) is 9.47 Å². The third kappa shape index (κ3) is 4.55. The highest BCUT2D eigenvalue weighted by Crippen LogP contribution is 2.37. The quantitative estimate of drug-likeness (QED) is 0.548. The molecular formula is C16H16BrNO6S. The van der Waals surface area contributed by atoms with Crippen LogP contribution in [0.3, 0.4) is 0 Å². The monoisotopic (exact) mass is 429 g/mol. The number of esters is 1. The SMILES string of the molecule is CCOC(=O)CN1C(=O)S/C(=C\c2cc(OCC)c(O)cc2Br)C1=O. The maximum absolute atomic E-state index is 12.4. The van der Waals surface area contributed by atoms with Crippen LogP contribution >= 0.6 is 27.7 Å². The molecule has 25 heavy (non-hydrogen) atoms. The summed E-state index contributed by atoms with van der Waals surface area (Å²) in [6, 6.07) is 3.00. The van der Waals surface area contributed by atoms with E-state index in [9.17, 15) is 19.5 Å². The van der Waals surface area contributed by atoms with Gasteiger partial charge in [-0.15, -0.1) is 0 Å². The molecule has 0 bridgehead atoms. The predicted octanol–water partition coefficient (Wildman–Crippen LogP) is 3.15. The molecule has 134 valence electrons. The Labute approximate surface area is 157 Å². The lowest BCUT2D eigenvalue weighted by molar-refractivity contribution is -0.145. The zero-order valence-electron chi connectivity index (χ0n) is 13.6. The summed E-state index contributed by atoms with van der Waals surface area (Å²) in [4.78, 5) is 36.9. The summed E-state index contributed by atoms with van der Waals surface area (Å²) in [5, 5.41) is 9.29. The molecule has 1 aromatic rings. The molecule has 0 saturated carbocycles. The van der Waals surface area contributed by atoms with Gasteiger partial charge in [-0.25, -0.2) is 0 Å². The Morgan fingerprint density at radius 1 is 1.32 bits per heavy atom. The first-order valence-electron chi connectivity index (χ1n) is 7.43. The fraction of sp³-hybridized carbons (Fsp3) is 0.312. The number of aromatic hydroxyl groups is 1. The van der Waals surface area contributed by atoms with E-state index in [0.717, 1.165) is 16.7 Å². The molecule has 2 rings (SSSR count). The summed E-state index contributed by atoms with van der Waals surface area (Å²) in [5.41, 5.74) is 0.558. The van der Waals surface area contributed by atoms with Crippen LogP contribution in [0.25, 0.3) is 6.08 Å². The molecule has 0 aliphatic carbocycles. The summed E-state index contributed by atoms with van der Waals surface area (Å²) < 4.78 is 10.6. The summed E-state index contributed by atoms with van der Waals surface area (Å²) in [6.07, 6.45) is 1.50. The number of halogens is 1. The molecule has 1 N–H and O–H groups in total. The minimum absolute atomic E-state index is 0.0405. The molecule has 0 aromatic heterocycles. The van der Waals surface area contributed by atoms with Gasteiger partial charge in [-0.1, -0.05) is 15.9 Å². The van der Waals surface area contributed by atoms with Crippen LogP contribution in [-0.4, -0.2) is 46.9 Å². The van der Waals surface area contributed by atoms with Crippen molar-refractivity contribution in [3.05, 3.63) is 27.1 Å². The first-order valence-corrected chi connectivity index (χ1v) is 9.04. The van der Waals surface area contributed by atoms with E-state index < -0.39 is 23.7 Å². The Balaban J connectivity index is 2.27. The average molecular weight is 430 g/mol. The third-order valence-electron chi connectivity index (χ3n) is 3.13. The second-order valence-corrected chi connectivity index (χ2v) is 6.69. The molecule has 0 atom stereocenters. The van der Waals surface area contributed by atoms with E-state index in [1.54, 1.807) is 19.9 Å². The van der Waals surface area contributed by atoms with Crippen LogP contribution in [0.15, 0.2) is 21.5 Å². The van der Waals surface area contributed by atoms with Crippen molar-refractivity contribution in [3.8, 4) is 11.5 Å². The van der Waals surface area contributed by atoms with Crippen molar-refractivity contribution in [1.29, 1.82) is 0 Å². The number of nitrogens with zero attached hydrogens (tertiary/aromatic N) is 1. The zero-order valence-corrected chi connectivity index (χ0v) is 16.0. The van der Waals surface area contributed by atoms with Crippen molar-refractivity contribution in [3.63, 3.8) is 0 Å². The van der Waals surface area contributed by atoms with Crippen LogP contribution in [0.1, 0.15) is 19.4 Å². The zero-order chi connectivity index (χ0) is 18.6.